The zero-order valence-electron chi connectivity index (χ0n) is 11.6. The van der Waals surface area contributed by atoms with Gasteiger partial charge in [0.05, 0.1) is 5.48 Å². The normalized spacial score (nSPS) is 12.5. The first-order valence-corrected chi connectivity index (χ1v) is 10.7. The van der Waals surface area contributed by atoms with Crippen molar-refractivity contribution in [2.45, 2.75) is 19.6 Å². The second kappa shape index (κ2) is 6.29. The predicted octanol–water partition coefficient (Wildman–Crippen LogP) is 4.29. The Balaban J connectivity index is 2.38. The first-order valence-electron chi connectivity index (χ1n) is 6.43. The minimum absolute atomic E-state index is 1.06. The Bertz CT molecular complexity index is 544. The van der Waals surface area contributed by atoms with Crippen LogP contribution in [0.3, 0.4) is 0 Å². The van der Waals surface area contributed by atoms with Crippen LogP contribution in [0.4, 0.5) is 0 Å². The van der Waals surface area contributed by atoms with Gasteiger partial charge >= 0.3 is 0 Å². The molecule has 0 radical (unpaired) electrons. The third-order valence-corrected chi connectivity index (χ3v) is 4.51. The van der Waals surface area contributed by atoms with Crippen molar-refractivity contribution >= 4 is 27.3 Å². The van der Waals surface area contributed by atoms with Gasteiger partial charge in [-0.3, -0.25) is 0 Å². The lowest BCUT2D eigenvalue weighted by atomic mass is 10.2. The van der Waals surface area contributed by atoms with Crippen LogP contribution in [-0.2, 0) is 4.43 Å². The molecule has 0 amide bonds. The minimum Gasteiger partial charge on any atom is -0.382 e. The fourth-order valence-corrected chi connectivity index (χ4v) is 4.17. The van der Waals surface area contributed by atoms with Crippen molar-refractivity contribution in [2.24, 2.45) is 0 Å². The number of rotatable bonds is 4. The summed E-state index contributed by atoms with van der Waals surface area (Å²) in [4.78, 5) is 0. The van der Waals surface area contributed by atoms with Gasteiger partial charge in [0.1, 0.15) is 0 Å². The maximum Gasteiger partial charge on any atom is 0.192 e. The van der Waals surface area contributed by atoms with Crippen molar-refractivity contribution < 1.29 is 4.43 Å². The van der Waals surface area contributed by atoms with Crippen LogP contribution in [0.15, 0.2) is 60.7 Å². The molecule has 0 spiro atoms. The molecule has 0 unspecified atom stereocenters. The van der Waals surface area contributed by atoms with E-state index in [9.17, 15) is 0 Å². The average molecular weight is 286 g/mol. The summed E-state index contributed by atoms with van der Waals surface area (Å²) >= 11 is 0. The Morgan fingerprint density at radius 1 is 0.842 bits per heavy atom. The Hall–Kier alpha value is -1.21. The molecule has 2 rings (SSSR count). The average Bonchev–Trinajstić information content (AvgIpc) is 2.39. The molecule has 3 heteroatoms. The smallest absolute Gasteiger partial charge is 0.192 e. The molecule has 19 heavy (non-hydrogen) atoms. The summed E-state index contributed by atoms with van der Waals surface area (Å²) in [6.07, 6.45) is 0. The van der Waals surface area contributed by atoms with Crippen molar-refractivity contribution in [3.63, 3.8) is 0 Å². The highest BCUT2D eigenvalue weighted by molar-refractivity contribution is 7.49. The van der Waals surface area contributed by atoms with Gasteiger partial charge in [0, 0.05) is 10.9 Å². The van der Waals surface area contributed by atoms with Gasteiger partial charge in [0.25, 0.3) is 0 Å². The molecule has 0 aliphatic rings. The van der Waals surface area contributed by atoms with Crippen LogP contribution in [0.25, 0.3) is 0 Å². The molecule has 0 bridgehead atoms. The summed E-state index contributed by atoms with van der Waals surface area (Å²) in [5, 5.41) is 1.26. The van der Waals surface area contributed by atoms with Gasteiger partial charge in [-0.1, -0.05) is 60.7 Å². The largest absolute Gasteiger partial charge is 0.382 e. The summed E-state index contributed by atoms with van der Waals surface area (Å²) < 4.78 is 6.27. The van der Waals surface area contributed by atoms with Gasteiger partial charge in [-0.25, -0.2) is 0 Å². The molecular weight excluding hydrogens is 267 g/mol. The summed E-state index contributed by atoms with van der Waals surface area (Å²) in [7, 11) is -0.464. The SMILES string of the molecule is C[Si](C)(C)OC(=Pc1ccccc1)c1ccccc1. The molecule has 0 N–H and O–H groups in total. The lowest BCUT2D eigenvalue weighted by Gasteiger charge is -2.19. The van der Waals surface area contributed by atoms with Crippen LogP contribution in [0.2, 0.25) is 19.6 Å². The van der Waals surface area contributed by atoms with Crippen molar-refractivity contribution in [3.05, 3.63) is 66.2 Å². The standard InChI is InChI=1S/C16H19OPSi/c1-19(2,3)17-16(14-10-6-4-7-11-14)18-15-12-8-5-9-13-15/h4-13H,1-3H3. The van der Waals surface area contributed by atoms with Gasteiger partial charge in [0.2, 0.25) is 0 Å². The summed E-state index contributed by atoms with van der Waals surface area (Å²) in [6, 6.07) is 20.8. The second-order valence-electron chi connectivity index (χ2n) is 5.33. The van der Waals surface area contributed by atoms with Crippen molar-refractivity contribution in [1.82, 2.24) is 0 Å². The van der Waals surface area contributed by atoms with E-state index in [0.717, 1.165) is 13.7 Å². The molecule has 0 atom stereocenters. The monoisotopic (exact) mass is 286 g/mol. The van der Waals surface area contributed by atoms with E-state index >= 15 is 0 Å². The Morgan fingerprint density at radius 3 is 1.89 bits per heavy atom. The summed E-state index contributed by atoms with van der Waals surface area (Å²) in [5.74, 6) is 0. The third-order valence-electron chi connectivity index (χ3n) is 2.41. The Labute approximate surface area is 118 Å². The number of benzene rings is 2. The van der Waals surface area contributed by atoms with E-state index in [1.54, 1.807) is 0 Å². The first-order chi connectivity index (χ1) is 9.04. The van der Waals surface area contributed by atoms with Gasteiger partial charge in [-0.2, -0.15) is 0 Å². The minimum atomic E-state index is -1.60. The van der Waals surface area contributed by atoms with Gasteiger partial charge in [-0.05, 0) is 27.8 Å². The van der Waals surface area contributed by atoms with E-state index in [-0.39, 0.29) is 0 Å². The molecule has 1 nitrogen and oxygen atoms in total. The fourth-order valence-electron chi connectivity index (χ4n) is 1.64. The zero-order valence-corrected chi connectivity index (χ0v) is 13.5. The fraction of sp³-hybridized carbons (Fsp3) is 0.188. The maximum absolute atomic E-state index is 6.27. The maximum atomic E-state index is 6.27. The quantitative estimate of drug-likeness (QED) is 0.602. The van der Waals surface area contributed by atoms with Crippen molar-refractivity contribution in [1.29, 1.82) is 0 Å². The van der Waals surface area contributed by atoms with Crippen LogP contribution < -0.4 is 5.30 Å². The van der Waals surface area contributed by atoms with Crippen LogP contribution in [0.5, 0.6) is 0 Å². The topological polar surface area (TPSA) is 9.23 Å². The third kappa shape index (κ3) is 4.75. The van der Waals surface area contributed by atoms with Gasteiger partial charge in [-0.15, -0.1) is 0 Å². The van der Waals surface area contributed by atoms with Crippen LogP contribution in [-0.4, -0.2) is 13.8 Å². The number of hydrogen-bond donors (Lipinski definition) is 0. The Morgan fingerprint density at radius 2 is 1.37 bits per heavy atom. The highest BCUT2D eigenvalue weighted by Crippen LogP contribution is 2.16. The number of hydrogen-bond acceptors (Lipinski definition) is 1. The molecule has 0 saturated heterocycles. The van der Waals surface area contributed by atoms with Gasteiger partial charge < -0.3 is 4.43 Å². The molecule has 0 fully saturated rings. The highest BCUT2D eigenvalue weighted by Gasteiger charge is 2.18. The Kier molecular flexibility index (Phi) is 4.70. The lowest BCUT2D eigenvalue weighted by Crippen LogP contribution is -2.29. The van der Waals surface area contributed by atoms with E-state index in [1.807, 2.05) is 12.1 Å². The van der Waals surface area contributed by atoms with E-state index in [1.165, 1.54) is 10.9 Å². The van der Waals surface area contributed by atoms with E-state index in [0.29, 0.717) is 0 Å². The lowest BCUT2D eigenvalue weighted by molar-refractivity contribution is 0.567. The molecule has 0 aromatic heterocycles. The second-order valence-corrected chi connectivity index (χ2v) is 10.9. The molecular formula is C16H19OPSi. The predicted molar refractivity (Wildman–Crippen MR) is 88.0 cm³/mol. The molecule has 0 aliphatic carbocycles. The first kappa shape index (κ1) is 14.2. The van der Waals surface area contributed by atoms with Crippen molar-refractivity contribution in [3.8, 4) is 0 Å². The van der Waals surface area contributed by atoms with Crippen LogP contribution in [0, 0.1) is 0 Å². The summed E-state index contributed by atoms with van der Waals surface area (Å²) in [5.41, 5.74) is 2.24. The molecule has 0 saturated carbocycles. The molecule has 0 heterocycles. The molecule has 2 aromatic rings. The molecule has 0 aliphatic heterocycles. The van der Waals surface area contributed by atoms with Crippen LogP contribution >= 0.6 is 8.20 Å². The van der Waals surface area contributed by atoms with E-state index in [2.05, 4.69) is 68.2 Å². The highest BCUT2D eigenvalue weighted by atomic mass is 31.1. The van der Waals surface area contributed by atoms with Crippen molar-refractivity contribution in [2.75, 3.05) is 0 Å². The zero-order chi connectivity index (χ0) is 13.7. The van der Waals surface area contributed by atoms with Crippen LogP contribution in [0.1, 0.15) is 5.56 Å². The van der Waals surface area contributed by atoms with E-state index < -0.39 is 8.32 Å². The summed E-state index contributed by atoms with van der Waals surface area (Å²) in [6.45, 7) is 6.66. The molecule has 2 aromatic carbocycles. The van der Waals surface area contributed by atoms with E-state index in [4.69, 9.17) is 4.43 Å². The van der Waals surface area contributed by atoms with Gasteiger partial charge in [0.15, 0.2) is 8.32 Å². The molecule has 98 valence electrons.